The molecule has 16 heteroatoms. The third-order valence-corrected chi connectivity index (χ3v) is 14.2. The Morgan fingerprint density at radius 1 is 0.958 bits per heavy atom. The van der Waals surface area contributed by atoms with Crippen LogP contribution in [0, 0.1) is 17.8 Å². The highest BCUT2D eigenvalue weighted by atomic mass is 35.5. The molecular weight excluding hydrogens is 930 g/mol. The zero-order valence-electron chi connectivity index (χ0n) is 40.6. The van der Waals surface area contributed by atoms with Crippen molar-refractivity contribution >= 4 is 46.0 Å². The van der Waals surface area contributed by atoms with E-state index in [1.54, 1.807) is 48.4 Å². The molecule has 4 aromatic rings. The number of benzene rings is 4. The maximum Gasteiger partial charge on any atom is 0.417 e. The van der Waals surface area contributed by atoms with Crippen molar-refractivity contribution in [3.05, 3.63) is 114 Å². The van der Waals surface area contributed by atoms with Gasteiger partial charge in [0.1, 0.15) is 35.6 Å². The van der Waals surface area contributed by atoms with Gasteiger partial charge in [0.2, 0.25) is 12.1 Å². The Balaban J connectivity index is 1.31. The molecule has 4 aliphatic rings. The minimum Gasteiger partial charge on any atom is -0.497 e. The zero-order chi connectivity index (χ0) is 49.7. The molecule has 2 amide bonds. The molecule has 0 spiro atoms. The quantitative estimate of drug-likeness (QED) is 0.0294. The van der Waals surface area contributed by atoms with Crippen LogP contribution in [0.3, 0.4) is 0 Å². The summed E-state index contributed by atoms with van der Waals surface area (Å²) in [6.45, 7) is 4.84. The van der Waals surface area contributed by atoms with E-state index in [0.29, 0.717) is 67.4 Å². The van der Waals surface area contributed by atoms with E-state index in [0.717, 1.165) is 53.2 Å². The van der Waals surface area contributed by atoms with Crippen molar-refractivity contribution in [1.82, 2.24) is 4.90 Å². The molecule has 15 nitrogen and oxygen atoms in total. The van der Waals surface area contributed by atoms with E-state index in [9.17, 15) is 19.8 Å². The van der Waals surface area contributed by atoms with Crippen molar-refractivity contribution in [1.29, 1.82) is 0 Å². The number of aliphatic hydroxyl groups is 2. The number of fused-ring (bicyclic) bond motifs is 3. The molecule has 71 heavy (non-hydrogen) atoms. The summed E-state index contributed by atoms with van der Waals surface area (Å²) in [5.74, 6) is -0.965. The topological polar surface area (TPSA) is 176 Å². The van der Waals surface area contributed by atoms with Crippen LogP contribution in [0.1, 0.15) is 81.3 Å². The smallest absolute Gasteiger partial charge is 0.417 e. The van der Waals surface area contributed by atoms with Gasteiger partial charge in [-0.3, -0.25) is 10.2 Å². The number of nitrogens with zero attached hydrogens (tertiary/aromatic N) is 2. The minimum atomic E-state index is -1.58. The maximum absolute atomic E-state index is 14.9. The molecule has 0 bridgehead atoms. The number of rotatable bonds is 22. The lowest BCUT2D eigenvalue weighted by Crippen LogP contribution is -2.70. The summed E-state index contributed by atoms with van der Waals surface area (Å²) in [5.41, 5.74) is 3.50. The first-order valence-corrected chi connectivity index (χ1v) is 25.3. The monoisotopic (exact) mass is 995 g/mol. The summed E-state index contributed by atoms with van der Waals surface area (Å²) in [6.07, 6.45) is 8.83. The number of oxime groups is 1. The molecule has 0 radical (unpaired) electrons. The first kappa shape index (κ1) is 51.5. The summed E-state index contributed by atoms with van der Waals surface area (Å²) in [6, 6.07) is 23.5. The van der Waals surface area contributed by atoms with E-state index in [2.05, 4.69) is 18.0 Å². The van der Waals surface area contributed by atoms with Gasteiger partial charge >= 0.3 is 12.2 Å². The number of nitrogens with one attached hydrogen (secondary N) is 1. The van der Waals surface area contributed by atoms with E-state index in [-0.39, 0.29) is 62.9 Å². The predicted octanol–water partition coefficient (Wildman–Crippen LogP) is 10.5. The fraction of sp³-hybridized carbons (Fsp3) is 0.473. The average Bonchev–Trinajstić information content (AvgIpc) is 3.39. The van der Waals surface area contributed by atoms with Gasteiger partial charge in [0.25, 0.3) is 0 Å². The Morgan fingerprint density at radius 2 is 1.76 bits per heavy atom. The van der Waals surface area contributed by atoms with Gasteiger partial charge < -0.3 is 48.2 Å². The summed E-state index contributed by atoms with van der Waals surface area (Å²) >= 11 is 6.19. The van der Waals surface area contributed by atoms with Crippen LogP contribution in [0.2, 0.25) is 0 Å². The molecule has 7 atom stereocenters. The van der Waals surface area contributed by atoms with Crippen LogP contribution in [-0.4, -0.2) is 104 Å². The SMILES string of the molecule is C=CCO[C@@]12Oc3ccc(OC(=O)Nc4ccc(OC)cc4OC)cc3[C@H]3[C@H](CCCCO)[C@@H](CCCCO)C=C(C(=NOC4CCCCO4)C[C@@H]1N(Cc1cccc4ccccc14)C(=O)OCCCl)[C@H]32. The number of ether oxygens (including phenoxy) is 7. The van der Waals surface area contributed by atoms with Gasteiger partial charge in [0, 0.05) is 43.6 Å². The molecule has 1 saturated heterocycles. The van der Waals surface area contributed by atoms with E-state index in [1.807, 2.05) is 48.5 Å². The van der Waals surface area contributed by atoms with Gasteiger partial charge in [-0.2, -0.15) is 0 Å². The number of aliphatic hydroxyl groups excluding tert-OH is 2. The first-order valence-electron chi connectivity index (χ1n) is 24.8. The number of alkyl halides is 1. The van der Waals surface area contributed by atoms with E-state index in [1.165, 1.54) is 7.11 Å². The first-order chi connectivity index (χ1) is 34.7. The second-order valence-corrected chi connectivity index (χ2v) is 18.7. The highest BCUT2D eigenvalue weighted by molar-refractivity contribution is 6.18. The lowest BCUT2D eigenvalue weighted by molar-refractivity contribution is -0.256. The Hall–Kier alpha value is -5.84. The van der Waals surface area contributed by atoms with Crippen LogP contribution in [0.15, 0.2) is 108 Å². The van der Waals surface area contributed by atoms with Crippen LogP contribution in [-0.2, 0) is 25.6 Å². The largest absolute Gasteiger partial charge is 0.497 e. The van der Waals surface area contributed by atoms with Crippen LogP contribution in [0.25, 0.3) is 10.8 Å². The summed E-state index contributed by atoms with van der Waals surface area (Å²) in [7, 11) is 3.05. The molecule has 8 rings (SSSR count). The van der Waals surface area contributed by atoms with Crippen LogP contribution in [0.5, 0.6) is 23.0 Å². The average molecular weight is 997 g/mol. The van der Waals surface area contributed by atoms with Crippen molar-refractivity contribution in [3.63, 3.8) is 0 Å². The number of halogens is 1. The number of methoxy groups -OCH3 is 2. The van der Waals surface area contributed by atoms with Crippen LogP contribution >= 0.6 is 11.6 Å². The number of allylic oxidation sites excluding steroid dienone is 1. The standard InChI is InChI=1S/C55H66ClN3O12/c1-4-28-68-55-49(59(54(63)67-30-25-56)35-38-17-13-16-36-14-5-6-18-41(36)38)34-46(58-71-50-20-9-12-29-66-50)43-31-37(15-7-10-26-60)42(19-8-11-27-61)51(52(43)55)44-32-40(22-24-47(44)70-55)69-53(62)57-45-23-21-39(64-2)33-48(45)65-3/h4-6,13-14,16-18,21-24,31-33,37,42,49-52,60-61H,1,7-12,15,19-20,25-30,34-35H2,2-3H3,(H,57,62)/t37-,42+,49-,50?,51+,52+,55+/m0/s1. The van der Waals surface area contributed by atoms with Gasteiger partial charge in [-0.1, -0.05) is 72.6 Å². The normalized spacial score (nSPS) is 23.8. The Morgan fingerprint density at radius 3 is 2.52 bits per heavy atom. The number of carbonyl (C=O) groups excluding carboxylic acids is 2. The van der Waals surface area contributed by atoms with Gasteiger partial charge in [0.15, 0.2) is 0 Å². The van der Waals surface area contributed by atoms with Crippen molar-refractivity contribution in [2.75, 3.05) is 58.5 Å². The lowest BCUT2D eigenvalue weighted by Gasteiger charge is -2.60. The Labute approximate surface area is 420 Å². The number of anilines is 1. The predicted molar refractivity (Wildman–Crippen MR) is 270 cm³/mol. The number of amides is 2. The molecule has 1 unspecified atom stereocenters. The minimum absolute atomic E-state index is 0.0300. The lowest BCUT2D eigenvalue weighted by atomic mass is 9.55. The molecule has 2 fully saturated rings. The summed E-state index contributed by atoms with van der Waals surface area (Å²) in [5, 5.41) is 29.9. The number of carbonyl (C=O) groups is 2. The van der Waals surface area contributed by atoms with E-state index in [4.69, 9.17) is 54.8 Å². The van der Waals surface area contributed by atoms with Crippen LogP contribution < -0.4 is 24.3 Å². The van der Waals surface area contributed by atoms with Crippen molar-refractivity contribution in [2.45, 2.75) is 94.8 Å². The van der Waals surface area contributed by atoms with Gasteiger partial charge in [-0.05, 0) is 103 Å². The van der Waals surface area contributed by atoms with Crippen molar-refractivity contribution < 1.29 is 57.8 Å². The number of hydrogen-bond donors (Lipinski definition) is 3. The Bertz CT molecular complexity index is 2530. The van der Waals surface area contributed by atoms with E-state index < -0.39 is 42.1 Å². The third kappa shape index (κ3) is 11.6. The maximum atomic E-state index is 14.9. The highest BCUT2D eigenvalue weighted by Crippen LogP contribution is 2.62. The molecule has 0 aromatic heterocycles. The van der Waals surface area contributed by atoms with Gasteiger partial charge in [0.05, 0.1) is 57.2 Å². The third-order valence-electron chi connectivity index (χ3n) is 14.1. The molecule has 2 aliphatic heterocycles. The fourth-order valence-corrected chi connectivity index (χ4v) is 11.0. The van der Waals surface area contributed by atoms with Crippen LogP contribution in [0.4, 0.5) is 15.3 Å². The fourth-order valence-electron chi connectivity index (χ4n) is 10.9. The molecule has 3 N–H and O–H groups in total. The van der Waals surface area contributed by atoms with Gasteiger partial charge in [-0.15, -0.1) is 18.2 Å². The second-order valence-electron chi connectivity index (χ2n) is 18.3. The van der Waals surface area contributed by atoms with Crippen molar-refractivity contribution in [3.8, 4) is 23.0 Å². The number of hydrogen-bond acceptors (Lipinski definition) is 13. The van der Waals surface area contributed by atoms with E-state index >= 15 is 0 Å². The second kappa shape index (κ2) is 24.5. The summed E-state index contributed by atoms with van der Waals surface area (Å²) < 4.78 is 43.5. The Kier molecular flexibility index (Phi) is 17.8. The molecule has 380 valence electrons. The molecule has 4 aromatic carbocycles. The molecule has 1 saturated carbocycles. The number of unbranched alkanes of at least 4 members (excludes halogenated alkanes) is 2. The summed E-state index contributed by atoms with van der Waals surface area (Å²) in [4.78, 5) is 36.7. The molecular formula is C55H66ClN3O12. The molecule has 2 heterocycles. The molecule has 2 aliphatic carbocycles. The van der Waals surface area contributed by atoms with Crippen molar-refractivity contribution in [2.24, 2.45) is 22.9 Å². The van der Waals surface area contributed by atoms with Gasteiger partial charge in [-0.25, -0.2) is 9.59 Å². The zero-order valence-corrected chi connectivity index (χ0v) is 41.4. The highest BCUT2D eigenvalue weighted by Gasteiger charge is 2.66.